The van der Waals surface area contributed by atoms with Gasteiger partial charge in [0.15, 0.2) is 5.82 Å². The van der Waals surface area contributed by atoms with Gasteiger partial charge in [-0.05, 0) is 24.3 Å². The van der Waals surface area contributed by atoms with Crippen LogP contribution in [-0.2, 0) is 15.9 Å². The number of carbonyl (C=O) groups excluding carboxylic acids is 1. The van der Waals surface area contributed by atoms with E-state index in [1.54, 1.807) is 4.57 Å². The summed E-state index contributed by atoms with van der Waals surface area (Å²) in [5, 5.41) is 0. The normalized spacial score (nSPS) is 18.0. The SMILES string of the molecule is COC(=O)c1cc(F)c2nc(Cc3c(F)cc(Br)cc3F)n([C@@H]3COCC3(C)C)c2c1. The highest BCUT2D eigenvalue weighted by Gasteiger charge is 2.39. The lowest BCUT2D eigenvalue weighted by atomic mass is 9.87. The molecule has 1 aliphatic rings. The molecule has 0 unspecified atom stereocenters. The summed E-state index contributed by atoms with van der Waals surface area (Å²) in [6.45, 7) is 4.75. The molecule has 1 aliphatic heterocycles. The summed E-state index contributed by atoms with van der Waals surface area (Å²) < 4.78 is 56.4. The molecule has 1 aromatic heterocycles. The first-order chi connectivity index (χ1) is 14.6. The van der Waals surface area contributed by atoms with Gasteiger partial charge in [0, 0.05) is 21.9 Å². The number of imidazole rings is 1. The van der Waals surface area contributed by atoms with Gasteiger partial charge in [-0.25, -0.2) is 22.9 Å². The van der Waals surface area contributed by atoms with E-state index in [1.165, 1.54) is 25.3 Å². The fraction of sp³-hybridized carbons (Fsp3) is 0.364. The van der Waals surface area contributed by atoms with E-state index in [2.05, 4.69) is 20.9 Å². The highest BCUT2D eigenvalue weighted by atomic mass is 79.9. The van der Waals surface area contributed by atoms with Crippen LogP contribution in [0.2, 0.25) is 0 Å². The van der Waals surface area contributed by atoms with E-state index in [0.29, 0.717) is 18.7 Å². The lowest BCUT2D eigenvalue weighted by Gasteiger charge is -2.28. The Bertz CT molecular complexity index is 1170. The van der Waals surface area contributed by atoms with Crippen LogP contribution in [0, 0.1) is 22.9 Å². The summed E-state index contributed by atoms with van der Waals surface area (Å²) in [6.07, 6.45) is -0.195. The fourth-order valence-electron chi connectivity index (χ4n) is 3.99. The Labute approximate surface area is 185 Å². The first-order valence-electron chi connectivity index (χ1n) is 9.62. The predicted molar refractivity (Wildman–Crippen MR) is 112 cm³/mol. The van der Waals surface area contributed by atoms with Gasteiger partial charge in [0.1, 0.15) is 23.0 Å². The Hall–Kier alpha value is -2.39. The van der Waals surface area contributed by atoms with Crippen LogP contribution in [0.15, 0.2) is 28.7 Å². The van der Waals surface area contributed by atoms with Crippen molar-refractivity contribution in [1.82, 2.24) is 9.55 Å². The zero-order valence-electron chi connectivity index (χ0n) is 17.1. The highest BCUT2D eigenvalue weighted by Crippen LogP contribution is 2.41. The molecule has 9 heteroatoms. The van der Waals surface area contributed by atoms with Crippen molar-refractivity contribution in [2.24, 2.45) is 5.41 Å². The molecule has 1 fully saturated rings. The molecule has 0 bridgehead atoms. The summed E-state index contributed by atoms with van der Waals surface area (Å²) in [5.41, 5.74) is -0.139. The number of aromatic nitrogens is 2. The lowest BCUT2D eigenvalue weighted by Crippen LogP contribution is -2.27. The molecule has 5 nitrogen and oxygen atoms in total. The number of benzene rings is 2. The second kappa shape index (κ2) is 7.94. The number of rotatable bonds is 4. The Morgan fingerprint density at radius 2 is 1.90 bits per heavy atom. The van der Waals surface area contributed by atoms with Crippen molar-refractivity contribution in [3.8, 4) is 0 Å². The van der Waals surface area contributed by atoms with Crippen LogP contribution >= 0.6 is 15.9 Å². The fourth-order valence-corrected chi connectivity index (χ4v) is 4.39. The number of halogens is 4. The highest BCUT2D eigenvalue weighted by molar-refractivity contribution is 9.10. The van der Waals surface area contributed by atoms with Gasteiger partial charge in [-0.1, -0.05) is 29.8 Å². The first kappa shape index (κ1) is 21.8. The average molecular weight is 497 g/mol. The third kappa shape index (κ3) is 3.85. The van der Waals surface area contributed by atoms with E-state index in [1.807, 2.05) is 13.8 Å². The zero-order valence-corrected chi connectivity index (χ0v) is 18.7. The molecule has 2 heterocycles. The second-order valence-electron chi connectivity index (χ2n) is 8.26. The number of ether oxygens (including phenoxy) is 2. The van der Waals surface area contributed by atoms with Gasteiger partial charge < -0.3 is 14.0 Å². The van der Waals surface area contributed by atoms with Crippen molar-refractivity contribution < 1.29 is 27.4 Å². The van der Waals surface area contributed by atoms with Crippen LogP contribution in [0.1, 0.15) is 41.6 Å². The van der Waals surface area contributed by atoms with Crippen molar-refractivity contribution in [3.05, 3.63) is 63.1 Å². The third-order valence-corrected chi connectivity index (χ3v) is 6.10. The van der Waals surface area contributed by atoms with Gasteiger partial charge in [0.25, 0.3) is 0 Å². The summed E-state index contributed by atoms with van der Waals surface area (Å²) in [6, 6.07) is 4.60. The molecule has 0 saturated carbocycles. The molecule has 31 heavy (non-hydrogen) atoms. The summed E-state index contributed by atoms with van der Waals surface area (Å²) in [5.74, 6) is -2.60. The molecule has 2 aromatic carbocycles. The maximum absolute atomic E-state index is 14.9. The Morgan fingerprint density at radius 1 is 1.23 bits per heavy atom. The van der Waals surface area contributed by atoms with Crippen molar-refractivity contribution >= 4 is 32.9 Å². The van der Waals surface area contributed by atoms with Crippen molar-refractivity contribution in [3.63, 3.8) is 0 Å². The number of nitrogens with zero attached hydrogens (tertiary/aromatic N) is 2. The zero-order chi connectivity index (χ0) is 22.5. The predicted octanol–water partition coefficient (Wildman–Crippen LogP) is 5.19. The first-order valence-corrected chi connectivity index (χ1v) is 10.4. The minimum atomic E-state index is -0.733. The second-order valence-corrected chi connectivity index (χ2v) is 9.18. The van der Waals surface area contributed by atoms with Gasteiger partial charge in [-0.2, -0.15) is 0 Å². The Kier molecular flexibility index (Phi) is 5.59. The lowest BCUT2D eigenvalue weighted by molar-refractivity contribution is 0.0600. The van der Waals surface area contributed by atoms with Crippen LogP contribution in [-0.4, -0.2) is 35.8 Å². The molecule has 0 spiro atoms. The van der Waals surface area contributed by atoms with Crippen LogP contribution in [0.3, 0.4) is 0 Å². The van der Waals surface area contributed by atoms with E-state index in [4.69, 9.17) is 9.47 Å². The maximum atomic E-state index is 14.9. The average Bonchev–Trinajstić information content (AvgIpc) is 3.22. The number of hydrogen-bond donors (Lipinski definition) is 0. The molecule has 3 aromatic rings. The molecule has 1 atom stereocenters. The van der Waals surface area contributed by atoms with Crippen LogP contribution in [0.5, 0.6) is 0 Å². The molecule has 4 rings (SSSR count). The third-order valence-electron chi connectivity index (χ3n) is 5.65. The standard InChI is InChI=1S/C22H20BrF3N2O3/c1-22(2)10-31-9-18(22)28-17-5-11(21(29)30-3)4-16(26)20(17)27-19(28)8-13-14(24)6-12(23)7-15(13)25/h4-7,18H,8-10H2,1-3H3/t18-/m1/s1. The van der Waals surface area contributed by atoms with Crippen LogP contribution < -0.4 is 0 Å². The van der Waals surface area contributed by atoms with Gasteiger partial charge >= 0.3 is 5.97 Å². The van der Waals surface area contributed by atoms with E-state index in [0.717, 1.165) is 6.07 Å². The summed E-state index contributed by atoms with van der Waals surface area (Å²) >= 11 is 3.07. The van der Waals surface area contributed by atoms with Gasteiger partial charge in [0.2, 0.25) is 0 Å². The molecular weight excluding hydrogens is 477 g/mol. The van der Waals surface area contributed by atoms with Crippen LogP contribution in [0.4, 0.5) is 13.2 Å². The minimum absolute atomic E-state index is 0.0169. The molecule has 0 aliphatic carbocycles. The molecule has 0 radical (unpaired) electrons. The molecule has 0 N–H and O–H groups in total. The summed E-state index contributed by atoms with van der Waals surface area (Å²) in [7, 11) is 1.21. The monoisotopic (exact) mass is 496 g/mol. The smallest absolute Gasteiger partial charge is 0.338 e. The molecule has 164 valence electrons. The van der Waals surface area contributed by atoms with Crippen LogP contribution in [0.25, 0.3) is 11.0 Å². The van der Waals surface area contributed by atoms with Gasteiger partial charge in [-0.3, -0.25) is 0 Å². The van der Waals surface area contributed by atoms with Crippen molar-refractivity contribution in [1.29, 1.82) is 0 Å². The van der Waals surface area contributed by atoms with E-state index >= 15 is 0 Å². The molecule has 0 amide bonds. The Morgan fingerprint density at radius 3 is 2.48 bits per heavy atom. The van der Waals surface area contributed by atoms with E-state index in [-0.39, 0.29) is 44.8 Å². The number of carbonyl (C=O) groups is 1. The number of methoxy groups -OCH3 is 1. The largest absolute Gasteiger partial charge is 0.465 e. The van der Waals surface area contributed by atoms with Gasteiger partial charge in [-0.15, -0.1) is 0 Å². The topological polar surface area (TPSA) is 53.3 Å². The molecule has 1 saturated heterocycles. The maximum Gasteiger partial charge on any atom is 0.338 e. The quantitative estimate of drug-likeness (QED) is 0.466. The minimum Gasteiger partial charge on any atom is -0.465 e. The van der Waals surface area contributed by atoms with E-state index in [9.17, 15) is 18.0 Å². The summed E-state index contributed by atoms with van der Waals surface area (Å²) in [4.78, 5) is 16.4. The Balaban J connectivity index is 1.95. The number of fused-ring (bicyclic) bond motifs is 1. The number of hydrogen-bond acceptors (Lipinski definition) is 4. The number of esters is 1. The van der Waals surface area contributed by atoms with Gasteiger partial charge in [0.05, 0.1) is 37.4 Å². The van der Waals surface area contributed by atoms with E-state index < -0.39 is 23.4 Å². The molecular formula is C22H20BrF3N2O3. The van der Waals surface area contributed by atoms with Crippen molar-refractivity contribution in [2.45, 2.75) is 26.3 Å². The van der Waals surface area contributed by atoms with Crippen molar-refractivity contribution in [2.75, 3.05) is 20.3 Å².